The summed E-state index contributed by atoms with van der Waals surface area (Å²) in [5, 5.41) is 17.2. The predicted molar refractivity (Wildman–Crippen MR) is 128 cm³/mol. The van der Waals surface area contributed by atoms with Gasteiger partial charge >= 0.3 is 0 Å². The van der Waals surface area contributed by atoms with Gasteiger partial charge in [0.25, 0.3) is 11.6 Å². The van der Waals surface area contributed by atoms with Crippen molar-refractivity contribution in [3.05, 3.63) is 99.4 Å². The fourth-order valence-electron chi connectivity index (χ4n) is 3.39. The Morgan fingerprint density at radius 3 is 2.55 bits per heavy atom. The maximum absolute atomic E-state index is 13.7. The molecule has 8 heteroatoms. The zero-order valence-corrected chi connectivity index (χ0v) is 18.7. The number of nitro benzene ring substituents is 1. The van der Waals surface area contributed by atoms with E-state index in [1.54, 1.807) is 19.1 Å². The first-order chi connectivity index (χ1) is 15.8. The summed E-state index contributed by atoms with van der Waals surface area (Å²) in [6, 6.07) is 18.8. The summed E-state index contributed by atoms with van der Waals surface area (Å²) in [5.74, 6) is -0.983. The van der Waals surface area contributed by atoms with Crippen LogP contribution in [-0.4, -0.2) is 35.9 Å². The Bertz CT molecular complexity index is 1120. The Balaban J connectivity index is 1.57. The highest BCUT2D eigenvalue weighted by Gasteiger charge is 2.18. The molecule has 3 aromatic carbocycles. The number of aryl methyl sites for hydroxylation is 1. The molecular formula is C25H27FN4O3. The summed E-state index contributed by atoms with van der Waals surface area (Å²) < 4.78 is 13.7. The number of nitrogens with zero attached hydrogens (tertiary/aromatic N) is 2. The number of carbonyl (C=O) groups is 1. The molecule has 0 spiro atoms. The number of rotatable bonds is 10. The van der Waals surface area contributed by atoms with Gasteiger partial charge < -0.3 is 15.5 Å². The predicted octanol–water partition coefficient (Wildman–Crippen LogP) is 5.23. The van der Waals surface area contributed by atoms with E-state index in [0.29, 0.717) is 17.8 Å². The van der Waals surface area contributed by atoms with Gasteiger partial charge in [-0.05, 0) is 62.3 Å². The summed E-state index contributed by atoms with van der Waals surface area (Å²) in [6.07, 6.45) is 0.793. The van der Waals surface area contributed by atoms with E-state index in [1.165, 1.54) is 29.8 Å². The van der Waals surface area contributed by atoms with Crippen molar-refractivity contribution in [3.8, 4) is 0 Å². The van der Waals surface area contributed by atoms with Gasteiger partial charge in [0.05, 0.1) is 4.92 Å². The van der Waals surface area contributed by atoms with E-state index >= 15 is 0 Å². The molecule has 0 unspecified atom stereocenters. The summed E-state index contributed by atoms with van der Waals surface area (Å²) in [7, 11) is 2.03. The van der Waals surface area contributed by atoms with Crippen molar-refractivity contribution in [1.29, 1.82) is 0 Å². The molecule has 1 amide bonds. The van der Waals surface area contributed by atoms with Gasteiger partial charge in [0, 0.05) is 30.4 Å². The number of amides is 1. The van der Waals surface area contributed by atoms with Gasteiger partial charge in [-0.3, -0.25) is 14.9 Å². The Morgan fingerprint density at radius 2 is 1.85 bits per heavy atom. The molecule has 3 aromatic rings. The normalized spacial score (nSPS) is 10.8. The molecule has 172 valence electrons. The average molecular weight is 451 g/mol. The van der Waals surface area contributed by atoms with Gasteiger partial charge in [-0.1, -0.05) is 36.4 Å². The van der Waals surface area contributed by atoms with Crippen molar-refractivity contribution in [3.63, 3.8) is 0 Å². The van der Waals surface area contributed by atoms with Crippen LogP contribution in [0.1, 0.15) is 27.9 Å². The molecule has 0 saturated heterocycles. The average Bonchev–Trinajstić information content (AvgIpc) is 2.79. The van der Waals surface area contributed by atoms with Crippen molar-refractivity contribution in [2.45, 2.75) is 19.9 Å². The highest BCUT2D eigenvalue weighted by atomic mass is 19.1. The highest BCUT2D eigenvalue weighted by molar-refractivity contribution is 6.05. The van der Waals surface area contributed by atoms with Crippen LogP contribution in [0.15, 0.2) is 66.7 Å². The molecule has 0 aliphatic carbocycles. The van der Waals surface area contributed by atoms with E-state index in [9.17, 15) is 19.3 Å². The van der Waals surface area contributed by atoms with Crippen LogP contribution in [0.3, 0.4) is 0 Å². The minimum atomic E-state index is -0.546. The van der Waals surface area contributed by atoms with Crippen LogP contribution in [0.4, 0.5) is 21.5 Å². The van der Waals surface area contributed by atoms with Crippen LogP contribution >= 0.6 is 0 Å². The second kappa shape index (κ2) is 11.2. The SMILES string of the molecule is Cc1ccc(NC(=O)c2ccc(NCCCN(C)Cc3ccccc3)c([N+](=O)[O-])c2)cc1F. The van der Waals surface area contributed by atoms with Crippen molar-refractivity contribution in [2.24, 2.45) is 0 Å². The number of nitro groups is 1. The molecule has 0 aliphatic rings. The molecule has 0 heterocycles. The molecular weight excluding hydrogens is 423 g/mol. The van der Waals surface area contributed by atoms with Gasteiger partial charge in [0.15, 0.2) is 0 Å². The number of hydrogen-bond acceptors (Lipinski definition) is 5. The van der Waals surface area contributed by atoms with Gasteiger partial charge in [0.1, 0.15) is 11.5 Å². The lowest BCUT2D eigenvalue weighted by molar-refractivity contribution is -0.384. The van der Waals surface area contributed by atoms with E-state index < -0.39 is 16.6 Å². The molecule has 0 aromatic heterocycles. The van der Waals surface area contributed by atoms with Crippen LogP contribution in [-0.2, 0) is 6.54 Å². The second-order valence-electron chi connectivity index (χ2n) is 7.91. The van der Waals surface area contributed by atoms with Crippen LogP contribution in [0.5, 0.6) is 0 Å². The third kappa shape index (κ3) is 6.85. The Morgan fingerprint density at radius 1 is 1.09 bits per heavy atom. The van der Waals surface area contributed by atoms with Crippen molar-refractivity contribution < 1.29 is 14.1 Å². The molecule has 2 N–H and O–H groups in total. The molecule has 0 atom stereocenters. The first-order valence-corrected chi connectivity index (χ1v) is 10.7. The molecule has 0 saturated carbocycles. The number of nitrogens with one attached hydrogen (secondary N) is 2. The smallest absolute Gasteiger partial charge is 0.293 e. The molecule has 7 nitrogen and oxygen atoms in total. The van der Waals surface area contributed by atoms with E-state index in [0.717, 1.165) is 19.5 Å². The summed E-state index contributed by atoms with van der Waals surface area (Å²) in [5.41, 5.74) is 2.26. The van der Waals surface area contributed by atoms with Gasteiger partial charge in [0.2, 0.25) is 0 Å². The molecule has 0 fully saturated rings. The van der Waals surface area contributed by atoms with Crippen LogP contribution in [0.25, 0.3) is 0 Å². The van der Waals surface area contributed by atoms with E-state index in [1.807, 2.05) is 25.2 Å². The molecule has 3 rings (SSSR count). The molecule has 0 aliphatic heterocycles. The lowest BCUT2D eigenvalue weighted by Crippen LogP contribution is -2.21. The standard InChI is InChI=1S/C25H27FN4O3/c1-18-9-11-21(16-22(18)26)28-25(31)20-10-12-23(24(15-20)30(32)33)27-13-6-14-29(2)17-19-7-4-3-5-8-19/h3-5,7-12,15-16,27H,6,13-14,17H2,1-2H3,(H,28,31). The van der Waals surface area contributed by atoms with E-state index in [2.05, 4.69) is 27.7 Å². The van der Waals surface area contributed by atoms with Gasteiger partial charge in [-0.2, -0.15) is 0 Å². The highest BCUT2D eigenvalue weighted by Crippen LogP contribution is 2.26. The van der Waals surface area contributed by atoms with Crippen molar-refractivity contribution in [1.82, 2.24) is 4.90 Å². The van der Waals surface area contributed by atoms with Crippen LogP contribution in [0.2, 0.25) is 0 Å². The first-order valence-electron chi connectivity index (χ1n) is 10.7. The summed E-state index contributed by atoms with van der Waals surface area (Å²) in [6.45, 7) is 3.82. The van der Waals surface area contributed by atoms with Crippen molar-refractivity contribution in [2.75, 3.05) is 30.8 Å². The lowest BCUT2D eigenvalue weighted by Gasteiger charge is -2.17. The maximum atomic E-state index is 13.7. The Kier molecular flexibility index (Phi) is 8.10. The third-order valence-corrected chi connectivity index (χ3v) is 5.21. The number of benzene rings is 3. The Labute approximate surface area is 192 Å². The largest absolute Gasteiger partial charge is 0.379 e. The zero-order chi connectivity index (χ0) is 23.8. The summed E-state index contributed by atoms with van der Waals surface area (Å²) >= 11 is 0. The van der Waals surface area contributed by atoms with Crippen LogP contribution in [0, 0.1) is 22.9 Å². The van der Waals surface area contributed by atoms with Crippen LogP contribution < -0.4 is 10.6 Å². The first kappa shape index (κ1) is 23.9. The topological polar surface area (TPSA) is 87.5 Å². The lowest BCUT2D eigenvalue weighted by atomic mass is 10.1. The fourth-order valence-corrected chi connectivity index (χ4v) is 3.39. The van der Waals surface area contributed by atoms with Crippen molar-refractivity contribution >= 4 is 23.0 Å². The zero-order valence-electron chi connectivity index (χ0n) is 18.7. The third-order valence-electron chi connectivity index (χ3n) is 5.21. The molecule has 0 radical (unpaired) electrons. The number of carbonyl (C=O) groups excluding carboxylic acids is 1. The fraction of sp³-hybridized carbons (Fsp3) is 0.240. The van der Waals surface area contributed by atoms with Gasteiger partial charge in [-0.25, -0.2) is 4.39 Å². The Hall–Kier alpha value is -3.78. The number of hydrogen-bond donors (Lipinski definition) is 2. The molecule has 33 heavy (non-hydrogen) atoms. The number of anilines is 2. The quantitative estimate of drug-likeness (QED) is 0.251. The second-order valence-corrected chi connectivity index (χ2v) is 7.91. The number of halogens is 1. The summed E-state index contributed by atoms with van der Waals surface area (Å²) in [4.78, 5) is 25.7. The van der Waals surface area contributed by atoms with E-state index in [4.69, 9.17) is 0 Å². The minimum Gasteiger partial charge on any atom is -0.379 e. The molecule has 0 bridgehead atoms. The monoisotopic (exact) mass is 450 g/mol. The van der Waals surface area contributed by atoms with E-state index in [-0.39, 0.29) is 16.9 Å². The minimum absolute atomic E-state index is 0.121. The van der Waals surface area contributed by atoms with Gasteiger partial charge in [-0.15, -0.1) is 0 Å². The maximum Gasteiger partial charge on any atom is 0.293 e.